The van der Waals surface area contributed by atoms with E-state index < -0.39 is 0 Å². The van der Waals surface area contributed by atoms with Crippen molar-refractivity contribution in [2.75, 3.05) is 12.3 Å². The van der Waals surface area contributed by atoms with Crippen LogP contribution in [0.5, 0.6) is 0 Å². The summed E-state index contributed by atoms with van der Waals surface area (Å²) >= 11 is 1.62. The van der Waals surface area contributed by atoms with Gasteiger partial charge in [0.05, 0.1) is 5.71 Å². The summed E-state index contributed by atoms with van der Waals surface area (Å²) < 4.78 is 1.78. The Bertz CT molecular complexity index is 617. The van der Waals surface area contributed by atoms with Gasteiger partial charge in [0.25, 0.3) is 0 Å². The van der Waals surface area contributed by atoms with E-state index in [9.17, 15) is 0 Å². The lowest BCUT2D eigenvalue weighted by molar-refractivity contribution is 0.758. The standard InChI is InChI=1S/C12H13N5S/c1-8-3-2-4-9(5-8)11-14-15-12-17(11)16-10(6-13)7-18-12/h2-5H,6-7,13H2,1H3. The molecule has 18 heavy (non-hydrogen) atoms. The maximum atomic E-state index is 5.64. The average Bonchev–Trinajstić information content (AvgIpc) is 2.81. The normalized spacial score (nSPS) is 14.2. The van der Waals surface area contributed by atoms with Crippen molar-refractivity contribution < 1.29 is 0 Å². The van der Waals surface area contributed by atoms with Crippen molar-refractivity contribution >= 4 is 17.5 Å². The fourth-order valence-corrected chi connectivity index (χ4v) is 2.65. The third-order valence-electron chi connectivity index (χ3n) is 2.73. The number of aryl methyl sites for hydroxylation is 1. The highest BCUT2D eigenvalue weighted by molar-refractivity contribution is 7.99. The Hall–Kier alpha value is -1.66. The molecular formula is C12H13N5S. The third-order valence-corrected chi connectivity index (χ3v) is 3.72. The van der Waals surface area contributed by atoms with E-state index in [1.807, 2.05) is 12.1 Å². The number of aromatic nitrogens is 3. The van der Waals surface area contributed by atoms with Gasteiger partial charge in [-0.1, -0.05) is 35.5 Å². The van der Waals surface area contributed by atoms with E-state index in [1.165, 1.54) is 5.56 Å². The molecule has 1 aromatic carbocycles. The molecule has 2 N–H and O–H groups in total. The van der Waals surface area contributed by atoms with Crippen LogP contribution in [0.4, 0.5) is 0 Å². The van der Waals surface area contributed by atoms with Crippen molar-refractivity contribution in [3.63, 3.8) is 0 Å². The maximum absolute atomic E-state index is 5.64. The summed E-state index contributed by atoms with van der Waals surface area (Å²) in [6, 6.07) is 8.16. The van der Waals surface area contributed by atoms with E-state index in [0.29, 0.717) is 6.54 Å². The zero-order valence-corrected chi connectivity index (χ0v) is 10.8. The highest BCUT2D eigenvalue weighted by atomic mass is 32.2. The van der Waals surface area contributed by atoms with E-state index in [2.05, 4.69) is 34.4 Å². The summed E-state index contributed by atoms with van der Waals surface area (Å²) in [7, 11) is 0. The number of hydrogen-bond donors (Lipinski definition) is 1. The Labute approximate surface area is 109 Å². The lowest BCUT2D eigenvalue weighted by Crippen LogP contribution is -2.21. The zero-order chi connectivity index (χ0) is 12.5. The van der Waals surface area contributed by atoms with Crippen LogP contribution in [0.25, 0.3) is 11.4 Å². The lowest BCUT2D eigenvalue weighted by Gasteiger charge is -2.12. The summed E-state index contributed by atoms with van der Waals surface area (Å²) in [5.74, 6) is 1.56. The summed E-state index contributed by atoms with van der Waals surface area (Å²) in [6.07, 6.45) is 0. The molecular weight excluding hydrogens is 246 g/mol. The van der Waals surface area contributed by atoms with Crippen LogP contribution in [-0.4, -0.2) is 32.9 Å². The fraction of sp³-hybridized carbons (Fsp3) is 0.250. The molecule has 3 rings (SSSR count). The molecule has 0 saturated carbocycles. The molecule has 5 nitrogen and oxygen atoms in total. The number of benzene rings is 1. The van der Waals surface area contributed by atoms with Gasteiger partial charge in [0.1, 0.15) is 0 Å². The molecule has 0 aliphatic carbocycles. The smallest absolute Gasteiger partial charge is 0.212 e. The minimum atomic E-state index is 0.470. The number of fused-ring (bicyclic) bond motifs is 1. The molecule has 0 saturated heterocycles. The first-order valence-corrected chi connectivity index (χ1v) is 6.68. The number of nitrogens with zero attached hydrogens (tertiary/aromatic N) is 4. The van der Waals surface area contributed by atoms with Crippen LogP contribution in [-0.2, 0) is 0 Å². The van der Waals surface area contributed by atoms with Gasteiger partial charge in [-0.15, -0.1) is 10.2 Å². The Morgan fingerprint density at radius 1 is 1.39 bits per heavy atom. The van der Waals surface area contributed by atoms with Crippen molar-refractivity contribution in [1.29, 1.82) is 0 Å². The molecule has 92 valence electrons. The fourth-order valence-electron chi connectivity index (χ4n) is 1.83. The highest BCUT2D eigenvalue weighted by Crippen LogP contribution is 2.27. The number of thioether (sulfide) groups is 1. The molecule has 0 atom stereocenters. The van der Waals surface area contributed by atoms with E-state index >= 15 is 0 Å². The molecule has 2 aromatic rings. The highest BCUT2D eigenvalue weighted by Gasteiger charge is 2.19. The second-order valence-electron chi connectivity index (χ2n) is 4.15. The van der Waals surface area contributed by atoms with Crippen LogP contribution in [0.3, 0.4) is 0 Å². The number of nitrogens with two attached hydrogens (primary N) is 1. The summed E-state index contributed by atoms with van der Waals surface area (Å²) in [5, 5.41) is 13.7. The Balaban J connectivity index is 2.11. The van der Waals surface area contributed by atoms with Gasteiger partial charge < -0.3 is 5.73 Å². The molecule has 2 heterocycles. The van der Waals surface area contributed by atoms with Crippen molar-refractivity contribution in [2.24, 2.45) is 10.8 Å². The molecule has 6 heteroatoms. The first-order valence-electron chi connectivity index (χ1n) is 5.70. The predicted octanol–water partition coefficient (Wildman–Crippen LogP) is 1.52. The largest absolute Gasteiger partial charge is 0.325 e. The van der Waals surface area contributed by atoms with E-state index in [0.717, 1.165) is 28.0 Å². The topological polar surface area (TPSA) is 69.1 Å². The first kappa shape index (κ1) is 11.4. The molecule has 0 fully saturated rings. The summed E-state index contributed by atoms with van der Waals surface area (Å²) in [4.78, 5) is 0. The molecule has 1 aromatic heterocycles. The second kappa shape index (κ2) is 4.55. The monoisotopic (exact) mass is 259 g/mol. The third kappa shape index (κ3) is 1.93. The van der Waals surface area contributed by atoms with Crippen molar-refractivity contribution in [3.8, 4) is 11.4 Å². The van der Waals surface area contributed by atoms with Crippen LogP contribution in [0.15, 0.2) is 34.5 Å². The molecule has 0 unspecified atom stereocenters. The summed E-state index contributed by atoms with van der Waals surface area (Å²) in [6.45, 7) is 2.53. The minimum absolute atomic E-state index is 0.470. The molecule has 0 bridgehead atoms. The Morgan fingerprint density at radius 3 is 3.06 bits per heavy atom. The molecule has 0 radical (unpaired) electrons. The first-order chi connectivity index (χ1) is 8.78. The van der Waals surface area contributed by atoms with E-state index in [1.54, 1.807) is 16.4 Å². The van der Waals surface area contributed by atoms with Gasteiger partial charge in [-0.25, -0.2) is 0 Å². The number of hydrogen-bond acceptors (Lipinski definition) is 5. The van der Waals surface area contributed by atoms with Crippen LogP contribution in [0, 0.1) is 6.92 Å². The molecule has 0 amide bonds. The van der Waals surface area contributed by atoms with Gasteiger partial charge in [0.2, 0.25) is 5.16 Å². The number of rotatable bonds is 2. The van der Waals surface area contributed by atoms with Crippen LogP contribution < -0.4 is 5.73 Å². The quantitative estimate of drug-likeness (QED) is 0.887. The van der Waals surface area contributed by atoms with E-state index in [4.69, 9.17) is 5.73 Å². The molecule has 1 aliphatic heterocycles. The van der Waals surface area contributed by atoms with Crippen LogP contribution >= 0.6 is 11.8 Å². The van der Waals surface area contributed by atoms with Gasteiger partial charge in [0, 0.05) is 17.9 Å². The van der Waals surface area contributed by atoms with E-state index in [-0.39, 0.29) is 0 Å². The van der Waals surface area contributed by atoms with Crippen LogP contribution in [0.2, 0.25) is 0 Å². The van der Waals surface area contributed by atoms with Crippen molar-refractivity contribution in [2.45, 2.75) is 12.1 Å². The second-order valence-corrected chi connectivity index (χ2v) is 5.09. The van der Waals surface area contributed by atoms with Gasteiger partial charge in [-0.2, -0.15) is 9.78 Å². The van der Waals surface area contributed by atoms with Gasteiger partial charge in [0.15, 0.2) is 5.82 Å². The predicted molar refractivity (Wildman–Crippen MR) is 72.8 cm³/mol. The van der Waals surface area contributed by atoms with Gasteiger partial charge in [-0.3, -0.25) is 0 Å². The van der Waals surface area contributed by atoms with Gasteiger partial charge >= 0.3 is 0 Å². The Kier molecular flexibility index (Phi) is 2.89. The molecule has 1 aliphatic rings. The Morgan fingerprint density at radius 2 is 2.28 bits per heavy atom. The molecule has 0 spiro atoms. The summed E-state index contributed by atoms with van der Waals surface area (Å²) in [5.41, 5.74) is 8.82. The maximum Gasteiger partial charge on any atom is 0.212 e. The van der Waals surface area contributed by atoms with Crippen molar-refractivity contribution in [1.82, 2.24) is 14.9 Å². The average molecular weight is 259 g/mol. The van der Waals surface area contributed by atoms with Crippen molar-refractivity contribution in [3.05, 3.63) is 29.8 Å². The van der Waals surface area contributed by atoms with Crippen LogP contribution in [0.1, 0.15) is 5.56 Å². The lowest BCUT2D eigenvalue weighted by atomic mass is 10.1. The zero-order valence-electron chi connectivity index (χ0n) is 10.00. The SMILES string of the molecule is Cc1cccc(-c2nnc3n2N=C(CN)CS3)c1. The van der Waals surface area contributed by atoms with Gasteiger partial charge in [-0.05, 0) is 13.0 Å². The minimum Gasteiger partial charge on any atom is -0.325 e.